The maximum atomic E-state index is 4.76. The lowest BCUT2D eigenvalue weighted by molar-refractivity contribution is 0.945. The molecule has 4 aromatic rings. The highest BCUT2D eigenvalue weighted by molar-refractivity contribution is 9.10. The van der Waals surface area contributed by atoms with Crippen molar-refractivity contribution in [2.24, 2.45) is 7.05 Å². The van der Waals surface area contributed by atoms with Crippen molar-refractivity contribution in [2.45, 2.75) is 0 Å². The van der Waals surface area contributed by atoms with E-state index in [2.05, 4.69) is 80.7 Å². The number of rotatable bonds is 2. The molecule has 0 radical (unpaired) electrons. The molecule has 4 rings (SSSR count). The smallest absolute Gasteiger partial charge is 0.214 e. The minimum atomic E-state index is 0.941. The van der Waals surface area contributed by atoms with Crippen LogP contribution in [0.15, 0.2) is 71.5 Å². The Hall–Kier alpha value is -2.33. The average Bonchev–Trinajstić information content (AvgIpc) is 3.09. The number of imidazole rings is 2. The zero-order chi connectivity index (χ0) is 15.1. The molecule has 2 aromatic carbocycles. The lowest BCUT2D eigenvalue weighted by Crippen LogP contribution is -1.92. The lowest BCUT2D eigenvalue weighted by atomic mass is 10.1. The predicted molar refractivity (Wildman–Crippen MR) is 92.7 cm³/mol. The summed E-state index contributed by atoms with van der Waals surface area (Å²) < 4.78 is 5.29. The highest BCUT2D eigenvalue weighted by Gasteiger charge is 2.12. The van der Waals surface area contributed by atoms with E-state index in [-0.39, 0.29) is 0 Å². The van der Waals surface area contributed by atoms with Gasteiger partial charge in [-0.05, 0) is 17.7 Å². The molecule has 0 aliphatic rings. The summed E-state index contributed by atoms with van der Waals surface area (Å²) in [6.45, 7) is 0. The summed E-state index contributed by atoms with van der Waals surface area (Å²) in [6.07, 6.45) is 4.20. The molecule has 0 atom stereocenters. The average molecular weight is 352 g/mol. The van der Waals surface area contributed by atoms with E-state index < -0.39 is 0 Å². The summed E-state index contributed by atoms with van der Waals surface area (Å²) in [6, 6.07) is 18.6. The van der Waals surface area contributed by atoms with Gasteiger partial charge in [0.05, 0.1) is 11.4 Å². The Labute approximate surface area is 137 Å². The third kappa shape index (κ3) is 2.16. The fourth-order valence-corrected chi connectivity index (χ4v) is 2.95. The Kier molecular flexibility index (Phi) is 3.12. The first-order valence-electron chi connectivity index (χ1n) is 7.08. The molecule has 0 bridgehead atoms. The van der Waals surface area contributed by atoms with Crippen LogP contribution >= 0.6 is 15.9 Å². The van der Waals surface area contributed by atoms with Gasteiger partial charge >= 0.3 is 0 Å². The van der Waals surface area contributed by atoms with Gasteiger partial charge in [-0.2, -0.15) is 0 Å². The molecular formula is C18H14BrN3. The number of aryl methyl sites for hydroxylation is 1. The van der Waals surface area contributed by atoms with E-state index in [1.807, 2.05) is 18.2 Å². The maximum absolute atomic E-state index is 4.76. The van der Waals surface area contributed by atoms with E-state index >= 15 is 0 Å². The molecule has 4 heteroatoms. The minimum Gasteiger partial charge on any atom is -0.313 e. The summed E-state index contributed by atoms with van der Waals surface area (Å²) in [5.41, 5.74) is 4.46. The third-order valence-corrected chi connectivity index (χ3v) is 4.37. The van der Waals surface area contributed by atoms with Crippen LogP contribution in [0.1, 0.15) is 0 Å². The molecule has 0 saturated heterocycles. The van der Waals surface area contributed by atoms with Crippen LogP contribution < -0.4 is 0 Å². The van der Waals surface area contributed by atoms with Gasteiger partial charge in [0.1, 0.15) is 0 Å². The first-order valence-corrected chi connectivity index (χ1v) is 7.87. The zero-order valence-electron chi connectivity index (χ0n) is 12.1. The Bertz CT molecular complexity index is 934. The molecule has 22 heavy (non-hydrogen) atoms. The van der Waals surface area contributed by atoms with Gasteiger partial charge in [-0.3, -0.25) is 4.40 Å². The van der Waals surface area contributed by atoms with Crippen LogP contribution in [-0.2, 0) is 7.05 Å². The standard InChI is InChI=1S/C18H14BrN3/c1-21-17(14-7-9-15(19)10-8-14)12-22-11-16(20-18(21)22)13-5-3-2-4-6-13/h2-12H,1H3. The van der Waals surface area contributed by atoms with E-state index in [0.717, 1.165) is 27.2 Å². The molecule has 108 valence electrons. The van der Waals surface area contributed by atoms with Gasteiger partial charge in [-0.1, -0.05) is 58.4 Å². The Morgan fingerprint density at radius 2 is 1.59 bits per heavy atom. The van der Waals surface area contributed by atoms with Crippen molar-refractivity contribution in [3.05, 3.63) is 71.5 Å². The van der Waals surface area contributed by atoms with Crippen LogP contribution in [0.2, 0.25) is 0 Å². The van der Waals surface area contributed by atoms with Crippen LogP contribution in [0.3, 0.4) is 0 Å². The van der Waals surface area contributed by atoms with Crippen molar-refractivity contribution in [3.8, 4) is 22.5 Å². The normalized spacial score (nSPS) is 11.2. The van der Waals surface area contributed by atoms with Gasteiger partial charge in [0.2, 0.25) is 5.78 Å². The van der Waals surface area contributed by atoms with Crippen LogP contribution in [0.4, 0.5) is 0 Å². The molecule has 2 heterocycles. The molecule has 0 N–H and O–H groups in total. The van der Waals surface area contributed by atoms with Crippen molar-refractivity contribution in [1.82, 2.24) is 14.0 Å². The van der Waals surface area contributed by atoms with Gasteiger partial charge in [-0.15, -0.1) is 0 Å². The largest absolute Gasteiger partial charge is 0.313 e. The number of aromatic nitrogens is 3. The van der Waals surface area contributed by atoms with Gasteiger partial charge in [0.15, 0.2) is 0 Å². The summed E-state index contributed by atoms with van der Waals surface area (Å²) in [7, 11) is 2.05. The summed E-state index contributed by atoms with van der Waals surface area (Å²) >= 11 is 3.47. The summed E-state index contributed by atoms with van der Waals surface area (Å²) in [5, 5.41) is 0. The van der Waals surface area contributed by atoms with E-state index in [1.54, 1.807) is 0 Å². The molecule has 0 fully saturated rings. The van der Waals surface area contributed by atoms with E-state index in [4.69, 9.17) is 4.98 Å². The topological polar surface area (TPSA) is 22.2 Å². The second kappa shape index (κ2) is 5.14. The Morgan fingerprint density at radius 3 is 2.27 bits per heavy atom. The quantitative estimate of drug-likeness (QED) is 0.509. The molecule has 3 nitrogen and oxygen atoms in total. The monoisotopic (exact) mass is 351 g/mol. The second-order valence-corrected chi connectivity index (χ2v) is 6.20. The highest BCUT2D eigenvalue weighted by atomic mass is 79.9. The molecule has 0 aliphatic carbocycles. The summed E-state index contributed by atoms with van der Waals surface area (Å²) in [4.78, 5) is 4.76. The fraction of sp³-hybridized carbons (Fsp3) is 0.0556. The molecule has 0 unspecified atom stereocenters. The molecule has 0 aliphatic heterocycles. The maximum Gasteiger partial charge on any atom is 0.214 e. The number of hydrogen-bond donors (Lipinski definition) is 0. The van der Waals surface area contributed by atoms with Gasteiger partial charge in [-0.25, -0.2) is 4.98 Å². The van der Waals surface area contributed by atoms with Crippen molar-refractivity contribution in [3.63, 3.8) is 0 Å². The van der Waals surface area contributed by atoms with Crippen LogP contribution in [0, 0.1) is 0 Å². The first-order chi connectivity index (χ1) is 10.7. The number of halogens is 1. The first kappa shape index (κ1) is 13.3. The van der Waals surface area contributed by atoms with Gasteiger partial charge in [0, 0.05) is 29.5 Å². The van der Waals surface area contributed by atoms with Crippen LogP contribution in [0.5, 0.6) is 0 Å². The van der Waals surface area contributed by atoms with Crippen LogP contribution in [-0.4, -0.2) is 14.0 Å². The van der Waals surface area contributed by atoms with Crippen molar-refractivity contribution < 1.29 is 0 Å². The molecular weight excluding hydrogens is 338 g/mol. The second-order valence-electron chi connectivity index (χ2n) is 5.28. The van der Waals surface area contributed by atoms with Crippen molar-refractivity contribution in [2.75, 3.05) is 0 Å². The number of fused-ring (bicyclic) bond motifs is 1. The molecule has 2 aromatic heterocycles. The van der Waals surface area contributed by atoms with Gasteiger partial charge < -0.3 is 4.57 Å². The highest BCUT2D eigenvalue weighted by Crippen LogP contribution is 2.26. The van der Waals surface area contributed by atoms with Crippen LogP contribution in [0.25, 0.3) is 28.3 Å². The Balaban J connectivity index is 1.82. The van der Waals surface area contributed by atoms with Gasteiger partial charge in [0.25, 0.3) is 0 Å². The fourth-order valence-electron chi connectivity index (χ4n) is 2.69. The number of nitrogens with zero attached hydrogens (tertiary/aromatic N) is 3. The number of benzene rings is 2. The minimum absolute atomic E-state index is 0.941. The SMILES string of the molecule is Cn1c(-c2ccc(Br)cc2)cn2cc(-c3ccccc3)nc12. The van der Waals surface area contributed by atoms with Crippen molar-refractivity contribution in [1.29, 1.82) is 0 Å². The molecule has 0 saturated carbocycles. The lowest BCUT2D eigenvalue weighted by Gasteiger charge is -2.02. The molecule has 0 amide bonds. The van der Waals surface area contributed by atoms with Crippen molar-refractivity contribution >= 4 is 21.7 Å². The summed E-state index contributed by atoms with van der Waals surface area (Å²) in [5.74, 6) is 0.941. The molecule has 0 spiro atoms. The predicted octanol–water partition coefficient (Wildman–Crippen LogP) is 4.77. The zero-order valence-corrected chi connectivity index (χ0v) is 13.7. The van der Waals surface area contributed by atoms with E-state index in [0.29, 0.717) is 0 Å². The number of hydrogen-bond acceptors (Lipinski definition) is 1. The van der Waals surface area contributed by atoms with E-state index in [1.165, 1.54) is 5.56 Å². The van der Waals surface area contributed by atoms with E-state index in [9.17, 15) is 0 Å². The Morgan fingerprint density at radius 1 is 0.864 bits per heavy atom. The third-order valence-electron chi connectivity index (χ3n) is 3.85.